The minimum atomic E-state index is -1.30. The first kappa shape index (κ1) is 19.1. The molecule has 0 aliphatic heterocycles. The first-order valence-electron chi connectivity index (χ1n) is 6.43. The summed E-state index contributed by atoms with van der Waals surface area (Å²) in [5, 5.41) is 8.19. The number of carboxylic acid groups (broad SMARTS) is 1. The van der Waals surface area contributed by atoms with Crippen LogP contribution in [0.5, 0.6) is 0 Å². The largest absolute Gasteiger partial charge is 0.505 e. The molecule has 1 N–H and O–H groups in total. The fraction of sp³-hybridized carbons (Fsp3) is 0.917. The van der Waals surface area contributed by atoms with E-state index in [1.165, 1.54) is 0 Å². The fourth-order valence-corrected chi connectivity index (χ4v) is 1.09. The molecule has 0 atom stereocenters. The van der Waals surface area contributed by atoms with E-state index < -0.39 is 6.16 Å². The van der Waals surface area contributed by atoms with Gasteiger partial charge in [-0.1, -0.05) is 0 Å². The van der Waals surface area contributed by atoms with E-state index in [-0.39, 0.29) is 13.2 Å². The summed E-state index contributed by atoms with van der Waals surface area (Å²) in [4.78, 5) is 10.0. The molecule has 0 bridgehead atoms. The number of carbonyl (C=O) groups is 1. The minimum absolute atomic E-state index is 0.0293. The molecule has 0 aromatic heterocycles. The molecule has 0 saturated heterocycles. The molecule has 0 radical (unpaired) electrons. The van der Waals surface area contributed by atoms with Crippen molar-refractivity contribution in [3.8, 4) is 0 Å². The molecule has 0 aliphatic rings. The molecular weight excluding hydrogens is 272 g/mol. The lowest BCUT2D eigenvalue weighted by atomic mass is 10.7. The highest BCUT2D eigenvalue weighted by molar-refractivity contribution is 5.56. The standard InChI is InChI=1S/C12H24O8/c1-15-2-3-16-4-5-17-6-7-18-8-9-19-10-11-20-12(13)14/h2-11H2,1H3,(H,13,14). The van der Waals surface area contributed by atoms with Crippen molar-refractivity contribution in [2.45, 2.75) is 0 Å². The number of hydrogen-bond donors (Lipinski definition) is 1. The Morgan fingerprint density at radius 3 is 1.40 bits per heavy atom. The van der Waals surface area contributed by atoms with Gasteiger partial charge in [0.25, 0.3) is 0 Å². The van der Waals surface area contributed by atoms with Crippen LogP contribution in [0.15, 0.2) is 0 Å². The quantitative estimate of drug-likeness (QED) is 0.343. The molecule has 8 nitrogen and oxygen atoms in total. The van der Waals surface area contributed by atoms with Crippen molar-refractivity contribution >= 4 is 6.16 Å². The lowest BCUT2D eigenvalue weighted by Gasteiger charge is -2.07. The van der Waals surface area contributed by atoms with E-state index in [1.807, 2.05) is 0 Å². The van der Waals surface area contributed by atoms with Gasteiger partial charge in [-0.25, -0.2) is 4.79 Å². The summed E-state index contributed by atoms with van der Waals surface area (Å²) >= 11 is 0. The van der Waals surface area contributed by atoms with Crippen molar-refractivity contribution in [3.05, 3.63) is 0 Å². The minimum Gasteiger partial charge on any atom is -0.450 e. The summed E-state index contributed by atoms with van der Waals surface area (Å²) in [5.41, 5.74) is 0. The van der Waals surface area contributed by atoms with Crippen molar-refractivity contribution in [3.63, 3.8) is 0 Å². The second-order valence-electron chi connectivity index (χ2n) is 3.56. The summed E-state index contributed by atoms with van der Waals surface area (Å²) in [6.45, 7) is 4.27. The van der Waals surface area contributed by atoms with Crippen LogP contribution < -0.4 is 0 Å². The van der Waals surface area contributed by atoms with Crippen LogP contribution in [0.25, 0.3) is 0 Å². The lowest BCUT2D eigenvalue weighted by Crippen LogP contribution is -2.14. The van der Waals surface area contributed by atoms with Crippen LogP contribution in [0.1, 0.15) is 0 Å². The maximum absolute atomic E-state index is 10.0. The number of rotatable bonds is 15. The lowest BCUT2D eigenvalue weighted by molar-refractivity contribution is -0.0128. The van der Waals surface area contributed by atoms with Gasteiger partial charge >= 0.3 is 6.16 Å². The third-order valence-electron chi connectivity index (χ3n) is 2.00. The molecule has 0 saturated carbocycles. The van der Waals surface area contributed by atoms with E-state index in [0.717, 1.165) is 0 Å². The van der Waals surface area contributed by atoms with E-state index >= 15 is 0 Å². The van der Waals surface area contributed by atoms with E-state index in [0.29, 0.717) is 52.9 Å². The monoisotopic (exact) mass is 296 g/mol. The van der Waals surface area contributed by atoms with E-state index in [2.05, 4.69) is 4.74 Å². The Morgan fingerprint density at radius 1 is 0.700 bits per heavy atom. The summed E-state index contributed by atoms with van der Waals surface area (Å²) in [5.74, 6) is 0. The molecule has 0 unspecified atom stereocenters. The number of ether oxygens (including phenoxy) is 6. The highest BCUT2D eigenvalue weighted by atomic mass is 16.7. The summed E-state index contributed by atoms with van der Waals surface area (Å²) in [6, 6.07) is 0. The summed E-state index contributed by atoms with van der Waals surface area (Å²) < 4.78 is 29.9. The summed E-state index contributed by atoms with van der Waals surface area (Å²) in [7, 11) is 1.63. The Labute approximate surface area is 118 Å². The SMILES string of the molecule is COCCOCCOCCOCCOCCOC(=O)O. The van der Waals surface area contributed by atoms with Gasteiger partial charge in [-0.15, -0.1) is 0 Å². The fourth-order valence-electron chi connectivity index (χ4n) is 1.09. The van der Waals surface area contributed by atoms with Gasteiger partial charge in [0, 0.05) is 7.11 Å². The van der Waals surface area contributed by atoms with Crippen LogP contribution in [0, 0.1) is 0 Å². The Hall–Kier alpha value is -0.930. The van der Waals surface area contributed by atoms with Gasteiger partial charge in [-0.05, 0) is 0 Å². The van der Waals surface area contributed by atoms with Crippen molar-refractivity contribution in [1.29, 1.82) is 0 Å². The van der Waals surface area contributed by atoms with Gasteiger partial charge in [0.2, 0.25) is 0 Å². The van der Waals surface area contributed by atoms with Crippen LogP contribution in [-0.4, -0.2) is 84.4 Å². The van der Waals surface area contributed by atoms with Gasteiger partial charge < -0.3 is 33.5 Å². The molecule has 0 aliphatic carbocycles. The first-order valence-corrected chi connectivity index (χ1v) is 6.43. The second-order valence-corrected chi connectivity index (χ2v) is 3.56. The molecule has 20 heavy (non-hydrogen) atoms. The van der Waals surface area contributed by atoms with E-state index in [9.17, 15) is 4.79 Å². The molecule has 0 aromatic carbocycles. The van der Waals surface area contributed by atoms with Gasteiger partial charge in [0.1, 0.15) is 6.61 Å². The van der Waals surface area contributed by atoms with Crippen LogP contribution in [-0.2, 0) is 28.4 Å². The molecule has 0 aromatic rings. The molecule has 0 spiro atoms. The molecular formula is C12H24O8. The van der Waals surface area contributed by atoms with E-state index in [4.69, 9.17) is 28.8 Å². The Balaban J connectivity index is 2.94. The molecule has 120 valence electrons. The highest BCUT2D eigenvalue weighted by Gasteiger charge is 1.96. The topological polar surface area (TPSA) is 92.7 Å². The first-order chi connectivity index (χ1) is 9.77. The maximum atomic E-state index is 10.0. The average Bonchev–Trinajstić information content (AvgIpc) is 2.43. The third kappa shape index (κ3) is 17.1. The molecule has 0 rings (SSSR count). The van der Waals surface area contributed by atoms with Crippen molar-refractivity contribution < 1.29 is 38.3 Å². The van der Waals surface area contributed by atoms with Crippen LogP contribution in [0.4, 0.5) is 4.79 Å². The van der Waals surface area contributed by atoms with Crippen molar-refractivity contribution in [2.75, 3.05) is 73.2 Å². The van der Waals surface area contributed by atoms with Gasteiger partial charge in [0.15, 0.2) is 0 Å². The molecule has 0 heterocycles. The van der Waals surface area contributed by atoms with Crippen molar-refractivity contribution in [1.82, 2.24) is 0 Å². The normalized spacial score (nSPS) is 10.7. The Morgan fingerprint density at radius 2 is 1.05 bits per heavy atom. The maximum Gasteiger partial charge on any atom is 0.505 e. The second kappa shape index (κ2) is 16.1. The zero-order chi connectivity index (χ0) is 14.9. The van der Waals surface area contributed by atoms with E-state index in [1.54, 1.807) is 7.11 Å². The zero-order valence-electron chi connectivity index (χ0n) is 11.9. The average molecular weight is 296 g/mol. The predicted molar refractivity (Wildman–Crippen MR) is 69.1 cm³/mol. The smallest absolute Gasteiger partial charge is 0.450 e. The number of methoxy groups -OCH3 is 1. The molecule has 0 amide bonds. The van der Waals surface area contributed by atoms with Crippen molar-refractivity contribution in [2.24, 2.45) is 0 Å². The van der Waals surface area contributed by atoms with Crippen LogP contribution in [0.3, 0.4) is 0 Å². The Kier molecular flexibility index (Phi) is 15.4. The predicted octanol–water partition coefficient (Wildman–Crippen LogP) is 0.394. The van der Waals surface area contributed by atoms with Crippen LogP contribution >= 0.6 is 0 Å². The van der Waals surface area contributed by atoms with Gasteiger partial charge in [-0.2, -0.15) is 0 Å². The van der Waals surface area contributed by atoms with Gasteiger partial charge in [-0.3, -0.25) is 0 Å². The molecule has 8 heteroatoms. The van der Waals surface area contributed by atoms with Crippen LogP contribution in [0.2, 0.25) is 0 Å². The third-order valence-corrected chi connectivity index (χ3v) is 2.00. The zero-order valence-corrected chi connectivity index (χ0v) is 11.9. The van der Waals surface area contributed by atoms with Gasteiger partial charge in [0.05, 0.1) is 59.5 Å². The summed E-state index contributed by atoms with van der Waals surface area (Å²) in [6.07, 6.45) is -1.30. The molecule has 0 fully saturated rings. The number of hydrogen-bond acceptors (Lipinski definition) is 7. The highest BCUT2D eigenvalue weighted by Crippen LogP contribution is 1.84. The Bertz CT molecular complexity index is 212.